The Bertz CT molecular complexity index is 745. The monoisotopic (exact) mass is 376 g/mol. The van der Waals surface area contributed by atoms with Crippen LogP contribution >= 0.6 is 15.9 Å². The molecule has 6 heteroatoms. The highest BCUT2D eigenvalue weighted by Crippen LogP contribution is 2.21. The summed E-state index contributed by atoms with van der Waals surface area (Å²) in [4.78, 5) is 16.0. The second-order valence-electron chi connectivity index (χ2n) is 4.90. The molecule has 0 radical (unpaired) electrons. The fourth-order valence-corrected chi connectivity index (χ4v) is 2.42. The molecule has 0 heterocycles. The van der Waals surface area contributed by atoms with Crippen LogP contribution in [0, 0.1) is 6.92 Å². The van der Waals surface area contributed by atoms with Gasteiger partial charge >= 0.3 is 0 Å². The van der Waals surface area contributed by atoms with E-state index in [-0.39, 0.29) is 18.2 Å². The van der Waals surface area contributed by atoms with E-state index >= 15 is 0 Å². The SMILES string of the molecule is COc1ccc(O)c(C=NCC(=O)Nc2ccc(Br)cc2C)c1. The predicted octanol–water partition coefficient (Wildman–Crippen LogP) is 3.53. The summed E-state index contributed by atoms with van der Waals surface area (Å²) in [6.07, 6.45) is 1.45. The molecule has 2 aromatic carbocycles. The molecule has 0 aliphatic heterocycles. The van der Waals surface area contributed by atoms with Gasteiger partial charge in [0, 0.05) is 21.9 Å². The van der Waals surface area contributed by atoms with Crippen LogP contribution in [-0.2, 0) is 4.79 Å². The van der Waals surface area contributed by atoms with Gasteiger partial charge in [0.25, 0.3) is 0 Å². The van der Waals surface area contributed by atoms with Gasteiger partial charge in [0.1, 0.15) is 18.0 Å². The summed E-state index contributed by atoms with van der Waals surface area (Å²) in [6.45, 7) is 1.88. The Balaban J connectivity index is 1.98. The lowest BCUT2D eigenvalue weighted by atomic mass is 10.2. The molecule has 0 fully saturated rings. The highest BCUT2D eigenvalue weighted by atomic mass is 79.9. The maximum absolute atomic E-state index is 11.9. The second-order valence-corrected chi connectivity index (χ2v) is 5.82. The van der Waals surface area contributed by atoms with E-state index in [4.69, 9.17) is 4.74 Å². The number of phenols is 1. The minimum atomic E-state index is -0.228. The van der Waals surface area contributed by atoms with E-state index in [0.717, 1.165) is 15.7 Å². The van der Waals surface area contributed by atoms with Crippen molar-refractivity contribution in [3.8, 4) is 11.5 Å². The van der Waals surface area contributed by atoms with Crippen molar-refractivity contribution in [3.63, 3.8) is 0 Å². The number of carbonyl (C=O) groups excluding carboxylic acids is 1. The number of hydrogen-bond donors (Lipinski definition) is 2. The van der Waals surface area contributed by atoms with E-state index < -0.39 is 0 Å². The van der Waals surface area contributed by atoms with Gasteiger partial charge in [-0.1, -0.05) is 15.9 Å². The number of halogens is 1. The number of aliphatic imine (C=N–C) groups is 1. The average molecular weight is 377 g/mol. The Morgan fingerprint density at radius 1 is 1.35 bits per heavy atom. The lowest BCUT2D eigenvalue weighted by molar-refractivity contribution is -0.114. The van der Waals surface area contributed by atoms with Crippen molar-refractivity contribution in [2.45, 2.75) is 6.92 Å². The molecule has 5 nitrogen and oxygen atoms in total. The molecule has 0 unspecified atom stereocenters. The van der Waals surface area contributed by atoms with Gasteiger partial charge in [-0.05, 0) is 48.9 Å². The second kappa shape index (κ2) is 7.78. The number of phenolic OH excluding ortho intramolecular Hbond substituents is 1. The molecule has 0 bridgehead atoms. The number of amides is 1. The molecule has 0 aliphatic rings. The zero-order valence-electron chi connectivity index (χ0n) is 12.8. The van der Waals surface area contributed by atoms with Gasteiger partial charge in [-0.3, -0.25) is 9.79 Å². The molecule has 1 amide bonds. The van der Waals surface area contributed by atoms with Gasteiger partial charge < -0.3 is 15.2 Å². The van der Waals surface area contributed by atoms with E-state index in [1.54, 1.807) is 19.2 Å². The molecule has 2 aromatic rings. The topological polar surface area (TPSA) is 70.9 Å². The van der Waals surface area contributed by atoms with Gasteiger partial charge in [0.2, 0.25) is 5.91 Å². The highest BCUT2D eigenvalue weighted by molar-refractivity contribution is 9.10. The molecule has 0 saturated carbocycles. The van der Waals surface area contributed by atoms with Crippen molar-refractivity contribution in [2.24, 2.45) is 4.99 Å². The number of ether oxygens (including phenoxy) is 1. The van der Waals surface area contributed by atoms with Gasteiger partial charge in [0.15, 0.2) is 0 Å². The van der Waals surface area contributed by atoms with E-state index in [0.29, 0.717) is 11.3 Å². The Morgan fingerprint density at radius 3 is 2.83 bits per heavy atom. The molecule has 0 aliphatic carbocycles. The molecule has 2 rings (SSSR count). The Hall–Kier alpha value is -2.34. The van der Waals surface area contributed by atoms with E-state index in [2.05, 4.69) is 26.2 Å². The minimum absolute atomic E-state index is 0.0356. The lowest BCUT2D eigenvalue weighted by Crippen LogP contribution is -2.15. The number of rotatable bonds is 5. The fourth-order valence-electron chi connectivity index (χ4n) is 1.95. The van der Waals surface area contributed by atoms with Gasteiger partial charge in [-0.25, -0.2) is 0 Å². The number of aromatic hydroxyl groups is 1. The van der Waals surface area contributed by atoms with Gasteiger partial charge in [-0.15, -0.1) is 0 Å². The number of aryl methyl sites for hydroxylation is 1. The van der Waals surface area contributed by atoms with Crippen LogP contribution in [0.1, 0.15) is 11.1 Å². The van der Waals surface area contributed by atoms with Crippen LogP contribution in [0.4, 0.5) is 5.69 Å². The van der Waals surface area contributed by atoms with Crippen LogP contribution < -0.4 is 10.1 Å². The number of methoxy groups -OCH3 is 1. The molecule has 0 saturated heterocycles. The third-order valence-corrected chi connectivity index (χ3v) is 3.66. The highest BCUT2D eigenvalue weighted by Gasteiger charge is 2.05. The minimum Gasteiger partial charge on any atom is -0.507 e. The Kier molecular flexibility index (Phi) is 5.76. The summed E-state index contributed by atoms with van der Waals surface area (Å²) in [5.74, 6) is 0.465. The largest absolute Gasteiger partial charge is 0.507 e. The van der Waals surface area contributed by atoms with Crippen LogP contribution in [0.15, 0.2) is 45.9 Å². The summed E-state index contributed by atoms with van der Waals surface area (Å²) in [5.41, 5.74) is 2.21. The first-order valence-corrected chi connectivity index (χ1v) is 7.71. The third kappa shape index (κ3) is 4.82. The molecule has 120 valence electrons. The maximum Gasteiger partial charge on any atom is 0.246 e. The van der Waals surface area contributed by atoms with Crippen molar-refractivity contribution in [3.05, 3.63) is 52.0 Å². The number of carbonyl (C=O) groups is 1. The molecular weight excluding hydrogens is 360 g/mol. The van der Waals surface area contributed by atoms with Crippen molar-refractivity contribution in [2.75, 3.05) is 19.0 Å². The lowest BCUT2D eigenvalue weighted by Gasteiger charge is -2.07. The standard InChI is InChI=1S/C17H17BrN2O3/c1-11-7-13(18)3-5-15(11)20-17(22)10-19-9-12-8-14(23-2)4-6-16(12)21/h3-9,21H,10H2,1-2H3,(H,20,22). The number of benzene rings is 2. The number of nitrogens with one attached hydrogen (secondary N) is 1. The van der Waals surface area contributed by atoms with Crippen LogP contribution in [0.5, 0.6) is 11.5 Å². The first-order valence-electron chi connectivity index (χ1n) is 6.92. The molecular formula is C17H17BrN2O3. The number of nitrogens with zero attached hydrogens (tertiary/aromatic N) is 1. The van der Waals surface area contributed by atoms with Crippen molar-refractivity contribution in [1.82, 2.24) is 0 Å². The van der Waals surface area contributed by atoms with Gasteiger partial charge in [-0.2, -0.15) is 0 Å². The van der Waals surface area contributed by atoms with E-state index in [1.165, 1.54) is 12.3 Å². The van der Waals surface area contributed by atoms with Gasteiger partial charge in [0.05, 0.1) is 7.11 Å². The summed E-state index contributed by atoms with van der Waals surface area (Å²) >= 11 is 3.38. The molecule has 23 heavy (non-hydrogen) atoms. The Morgan fingerprint density at radius 2 is 2.13 bits per heavy atom. The molecule has 0 aromatic heterocycles. The average Bonchev–Trinajstić information content (AvgIpc) is 2.52. The Labute approximate surface area is 143 Å². The van der Waals surface area contributed by atoms with Crippen LogP contribution in [0.3, 0.4) is 0 Å². The molecule has 0 atom stereocenters. The van der Waals surface area contributed by atoms with E-state index in [1.807, 2.05) is 25.1 Å². The molecule has 2 N–H and O–H groups in total. The maximum atomic E-state index is 11.9. The quantitative estimate of drug-likeness (QED) is 0.784. The third-order valence-electron chi connectivity index (χ3n) is 3.16. The first-order chi connectivity index (χ1) is 11.0. The normalized spacial score (nSPS) is 10.7. The van der Waals surface area contributed by atoms with Crippen LogP contribution in [-0.4, -0.2) is 30.9 Å². The summed E-state index contributed by atoms with van der Waals surface area (Å²) in [7, 11) is 1.54. The summed E-state index contributed by atoms with van der Waals surface area (Å²) < 4.78 is 6.04. The number of anilines is 1. The van der Waals surface area contributed by atoms with E-state index in [9.17, 15) is 9.90 Å². The summed E-state index contributed by atoms with van der Waals surface area (Å²) in [6, 6.07) is 10.4. The molecule has 0 spiro atoms. The van der Waals surface area contributed by atoms with Crippen molar-refractivity contribution < 1.29 is 14.6 Å². The smallest absolute Gasteiger partial charge is 0.246 e. The predicted molar refractivity (Wildman–Crippen MR) is 94.6 cm³/mol. The van der Waals surface area contributed by atoms with Crippen molar-refractivity contribution in [1.29, 1.82) is 0 Å². The summed E-state index contributed by atoms with van der Waals surface area (Å²) in [5, 5.41) is 12.5. The first kappa shape index (κ1) is 17.0. The zero-order valence-corrected chi connectivity index (χ0v) is 14.4. The fraction of sp³-hybridized carbons (Fsp3) is 0.176. The van der Waals surface area contributed by atoms with Crippen LogP contribution in [0.2, 0.25) is 0 Å². The van der Waals surface area contributed by atoms with Crippen molar-refractivity contribution >= 4 is 33.7 Å². The van der Waals surface area contributed by atoms with Crippen LogP contribution in [0.25, 0.3) is 0 Å². The number of hydrogen-bond acceptors (Lipinski definition) is 4. The zero-order chi connectivity index (χ0) is 16.8.